The van der Waals surface area contributed by atoms with Gasteiger partial charge in [0, 0.05) is 18.6 Å². The molecule has 3 aromatic rings. The first kappa shape index (κ1) is 18.5. The molecule has 0 aliphatic heterocycles. The molecule has 0 saturated carbocycles. The van der Waals surface area contributed by atoms with Crippen LogP contribution in [0.1, 0.15) is 16.6 Å². The number of nitrogens with one attached hydrogen (secondary N) is 2. The van der Waals surface area contributed by atoms with Gasteiger partial charge in [-0.25, -0.2) is 9.37 Å². The number of amides is 2. The van der Waals surface area contributed by atoms with Gasteiger partial charge in [-0.3, -0.25) is 9.59 Å². The Morgan fingerprint density at radius 1 is 1.11 bits per heavy atom. The van der Waals surface area contributed by atoms with Crippen molar-refractivity contribution in [3.8, 4) is 16.3 Å². The molecule has 0 radical (unpaired) electrons. The maximum atomic E-state index is 13.9. The predicted molar refractivity (Wildman–Crippen MR) is 103 cm³/mol. The third kappa shape index (κ3) is 4.29. The van der Waals surface area contributed by atoms with E-state index >= 15 is 0 Å². The van der Waals surface area contributed by atoms with Gasteiger partial charge in [0.15, 0.2) is 0 Å². The Morgan fingerprint density at radius 2 is 1.89 bits per heavy atom. The number of anilines is 2. The van der Waals surface area contributed by atoms with Gasteiger partial charge in [-0.2, -0.15) is 0 Å². The van der Waals surface area contributed by atoms with Crippen molar-refractivity contribution in [1.82, 2.24) is 4.98 Å². The summed E-state index contributed by atoms with van der Waals surface area (Å²) in [4.78, 5) is 28.4. The van der Waals surface area contributed by atoms with Crippen LogP contribution in [-0.2, 0) is 4.79 Å². The zero-order valence-electron chi connectivity index (χ0n) is 14.6. The van der Waals surface area contributed by atoms with Crippen LogP contribution < -0.4 is 15.4 Å². The highest BCUT2D eigenvalue weighted by atomic mass is 32.1. The van der Waals surface area contributed by atoms with E-state index in [1.165, 1.54) is 26.3 Å². The minimum absolute atomic E-state index is 0.268. The van der Waals surface area contributed by atoms with Crippen molar-refractivity contribution in [1.29, 1.82) is 0 Å². The highest BCUT2D eigenvalue weighted by Gasteiger charge is 2.16. The highest BCUT2D eigenvalue weighted by molar-refractivity contribution is 7.17. The fraction of sp³-hybridized carbons (Fsp3) is 0.105. The Balaban J connectivity index is 1.86. The molecule has 27 heavy (non-hydrogen) atoms. The highest BCUT2D eigenvalue weighted by Crippen LogP contribution is 2.30. The average molecular weight is 385 g/mol. The van der Waals surface area contributed by atoms with E-state index in [0.29, 0.717) is 32.6 Å². The molecule has 0 unspecified atom stereocenters. The summed E-state index contributed by atoms with van der Waals surface area (Å²) in [5.74, 6) is -0.569. The second kappa shape index (κ2) is 7.96. The van der Waals surface area contributed by atoms with Crippen molar-refractivity contribution < 1.29 is 18.7 Å². The van der Waals surface area contributed by atoms with E-state index in [1.54, 1.807) is 36.4 Å². The lowest BCUT2D eigenvalue weighted by atomic mass is 10.2. The van der Waals surface area contributed by atoms with Crippen molar-refractivity contribution in [2.75, 3.05) is 17.7 Å². The van der Waals surface area contributed by atoms with Gasteiger partial charge in [-0.15, -0.1) is 11.3 Å². The van der Waals surface area contributed by atoms with E-state index in [0.717, 1.165) is 11.3 Å². The Kier molecular flexibility index (Phi) is 5.46. The molecule has 8 heteroatoms. The van der Waals surface area contributed by atoms with Crippen LogP contribution in [-0.4, -0.2) is 23.9 Å². The predicted octanol–water partition coefficient (Wildman–Crippen LogP) is 4.17. The van der Waals surface area contributed by atoms with E-state index in [-0.39, 0.29) is 5.91 Å². The number of rotatable bonds is 5. The molecule has 1 heterocycles. The van der Waals surface area contributed by atoms with E-state index in [1.807, 2.05) is 0 Å². The summed E-state index contributed by atoms with van der Waals surface area (Å²) in [5.41, 5.74) is 1.16. The lowest BCUT2D eigenvalue weighted by molar-refractivity contribution is -0.114. The molecule has 2 amide bonds. The molecule has 2 aromatic carbocycles. The Labute approximate surface area is 159 Å². The van der Waals surface area contributed by atoms with Gasteiger partial charge in [0.2, 0.25) is 5.91 Å². The first-order valence-corrected chi connectivity index (χ1v) is 8.77. The SMILES string of the molecule is COc1ccc(NC(C)=O)c(NC(=O)c2cnc(-c3ccccc3F)s2)c1. The lowest BCUT2D eigenvalue weighted by Crippen LogP contribution is -2.14. The number of thiazole rings is 1. The molecule has 0 saturated heterocycles. The van der Waals surface area contributed by atoms with Crippen LogP contribution in [0.25, 0.3) is 10.6 Å². The second-order valence-corrected chi connectivity index (χ2v) is 6.59. The molecule has 0 spiro atoms. The molecule has 1 aromatic heterocycles. The molecule has 138 valence electrons. The minimum atomic E-state index is -0.421. The van der Waals surface area contributed by atoms with Crippen LogP contribution >= 0.6 is 11.3 Å². The van der Waals surface area contributed by atoms with Crippen molar-refractivity contribution in [2.24, 2.45) is 0 Å². The summed E-state index contributed by atoms with van der Waals surface area (Å²) < 4.78 is 19.1. The molecule has 0 aliphatic rings. The van der Waals surface area contributed by atoms with Crippen LogP contribution in [0.5, 0.6) is 5.75 Å². The molecule has 0 aliphatic carbocycles. The van der Waals surface area contributed by atoms with Crippen LogP contribution in [0.2, 0.25) is 0 Å². The quantitative estimate of drug-likeness (QED) is 0.691. The summed E-state index contributed by atoms with van der Waals surface area (Å²) in [5, 5.41) is 5.79. The number of methoxy groups -OCH3 is 1. The normalized spacial score (nSPS) is 10.3. The van der Waals surface area contributed by atoms with Gasteiger partial charge in [0.25, 0.3) is 5.91 Å². The Bertz CT molecular complexity index is 1000. The number of hydrogen-bond donors (Lipinski definition) is 2. The van der Waals surface area contributed by atoms with Crippen molar-refractivity contribution in [3.05, 3.63) is 59.4 Å². The summed E-state index contributed by atoms with van der Waals surface area (Å²) in [6, 6.07) is 11.1. The van der Waals surface area contributed by atoms with Gasteiger partial charge in [-0.1, -0.05) is 12.1 Å². The first-order valence-electron chi connectivity index (χ1n) is 7.95. The minimum Gasteiger partial charge on any atom is -0.497 e. The third-order valence-corrected chi connectivity index (χ3v) is 4.65. The van der Waals surface area contributed by atoms with Crippen molar-refractivity contribution >= 4 is 34.5 Å². The summed E-state index contributed by atoms with van der Waals surface area (Å²) in [7, 11) is 1.50. The lowest BCUT2D eigenvalue weighted by Gasteiger charge is -2.12. The van der Waals surface area contributed by atoms with Crippen molar-refractivity contribution in [2.45, 2.75) is 6.92 Å². The van der Waals surface area contributed by atoms with E-state index in [9.17, 15) is 14.0 Å². The van der Waals surface area contributed by atoms with Crippen LogP contribution in [0, 0.1) is 5.82 Å². The standard InChI is InChI=1S/C19H16FN3O3S/c1-11(24)22-15-8-7-12(26-2)9-16(15)23-18(25)17-10-21-19(27-17)13-5-3-4-6-14(13)20/h3-10H,1-2H3,(H,22,24)(H,23,25). The molecule has 3 rings (SSSR count). The number of ether oxygens (including phenoxy) is 1. The zero-order chi connectivity index (χ0) is 19.4. The van der Waals surface area contributed by atoms with Crippen LogP contribution in [0.4, 0.5) is 15.8 Å². The summed E-state index contributed by atoms with van der Waals surface area (Å²) >= 11 is 1.08. The number of carbonyl (C=O) groups excluding carboxylic acids is 2. The summed E-state index contributed by atoms with van der Waals surface area (Å²) in [6.07, 6.45) is 1.39. The van der Waals surface area contributed by atoms with Gasteiger partial charge < -0.3 is 15.4 Å². The fourth-order valence-electron chi connectivity index (χ4n) is 2.37. The molecule has 6 nitrogen and oxygen atoms in total. The van der Waals surface area contributed by atoms with Crippen molar-refractivity contribution in [3.63, 3.8) is 0 Å². The van der Waals surface area contributed by atoms with Crippen LogP contribution in [0.3, 0.4) is 0 Å². The molecule has 0 atom stereocenters. The Hall–Kier alpha value is -3.26. The number of nitrogens with zero attached hydrogens (tertiary/aromatic N) is 1. The van der Waals surface area contributed by atoms with Crippen LogP contribution in [0.15, 0.2) is 48.7 Å². The molecule has 0 bridgehead atoms. The Morgan fingerprint density at radius 3 is 2.59 bits per heavy atom. The zero-order valence-corrected chi connectivity index (χ0v) is 15.4. The summed E-state index contributed by atoms with van der Waals surface area (Å²) in [6.45, 7) is 1.37. The monoisotopic (exact) mass is 385 g/mol. The van der Waals surface area contributed by atoms with Gasteiger partial charge in [0.05, 0.1) is 24.7 Å². The number of halogens is 1. The number of carbonyl (C=O) groups is 2. The topological polar surface area (TPSA) is 80.3 Å². The maximum absolute atomic E-state index is 13.9. The number of aromatic nitrogens is 1. The number of hydrogen-bond acceptors (Lipinski definition) is 5. The van der Waals surface area contributed by atoms with E-state index in [2.05, 4.69) is 15.6 Å². The molecular formula is C19H16FN3O3S. The third-order valence-electron chi connectivity index (χ3n) is 3.62. The van der Waals surface area contributed by atoms with Gasteiger partial charge in [-0.05, 0) is 24.3 Å². The first-order chi connectivity index (χ1) is 13.0. The number of benzene rings is 2. The largest absolute Gasteiger partial charge is 0.497 e. The average Bonchev–Trinajstić information content (AvgIpc) is 3.13. The molecule has 0 fully saturated rings. The smallest absolute Gasteiger partial charge is 0.267 e. The maximum Gasteiger partial charge on any atom is 0.267 e. The molecule has 2 N–H and O–H groups in total. The second-order valence-electron chi connectivity index (χ2n) is 5.56. The van der Waals surface area contributed by atoms with Gasteiger partial charge >= 0.3 is 0 Å². The molecular weight excluding hydrogens is 369 g/mol. The van der Waals surface area contributed by atoms with Gasteiger partial charge in [0.1, 0.15) is 21.5 Å². The van der Waals surface area contributed by atoms with E-state index in [4.69, 9.17) is 4.74 Å². The fourth-order valence-corrected chi connectivity index (χ4v) is 3.21. The van der Waals surface area contributed by atoms with E-state index < -0.39 is 11.7 Å².